The Morgan fingerprint density at radius 2 is 1.91 bits per heavy atom. The van der Waals surface area contributed by atoms with Gasteiger partial charge in [-0.15, -0.1) is 0 Å². The Morgan fingerprint density at radius 3 is 2.43 bits per heavy atom. The minimum atomic E-state index is -1.20. The number of nitro groups is 1. The molecule has 0 bridgehead atoms. The van der Waals surface area contributed by atoms with Crippen LogP contribution in [0.4, 0.5) is 5.69 Å². The third kappa shape index (κ3) is 3.77. The van der Waals surface area contributed by atoms with E-state index >= 15 is 0 Å². The van der Waals surface area contributed by atoms with E-state index in [-0.39, 0.29) is 22.9 Å². The van der Waals surface area contributed by atoms with Crippen LogP contribution in [0.2, 0.25) is 5.02 Å². The second kappa shape index (κ2) is 6.64. The number of hydrogen-bond donors (Lipinski definition) is 3. The van der Waals surface area contributed by atoms with Crippen molar-refractivity contribution in [2.45, 2.75) is 12.5 Å². The minimum absolute atomic E-state index is 0.0448. The molecule has 0 saturated carbocycles. The Morgan fingerprint density at radius 1 is 1.30 bits per heavy atom. The van der Waals surface area contributed by atoms with Gasteiger partial charge >= 0.3 is 5.97 Å². The summed E-state index contributed by atoms with van der Waals surface area (Å²) in [5, 5.41) is 29.3. The molecule has 4 N–H and O–H groups in total. The fourth-order valence-electron chi connectivity index (χ4n) is 2.11. The number of benzene rings is 2. The summed E-state index contributed by atoms with van der Waals surface area (Å²) in [4.78, 5) is 21.4. The van der Waals surface area contributed by atoms with Gasteiger partial charge in [0, 0.05) is 11.6 Å². The molecule has 23 heavy (non-hydrogen) atoms. The zero-order valence-corrected chi connectivity index (χ0v) is 12.5. The summed E-state index contributed by atoms with van der Waals surface area (Å²) in [5.74, 6) is -1.16. The van der Waals surface area contributed by atoms with E-state index in [2.05, 4.69) is 0 Å². The number of phenolic OH excluding ortho intramolecular Hbond substituents is 1. The molecule has 2 rings (SSSR count). The maximum Gasteiger partial charge on any atom is 0.320 e. The normalized spacial score (nSPS) is 11.9. The molecule has 0 radical (unpaired) electrons. The highest BCUT2D eigenvalue weighted by Crippen LogP contribution is 2.37. The van der Waals surface area contributed by atoms with Crippen molar-refractivity contribution in [2.24, 2.45) is 5.73 Å². The molecular weight excluding hydrogens is 324 g/mol. The summed E-state index contributed by atoms with van der Waals surface area (Å²) in [6, 6.07) is 7.56. The number of nitro benzene ring substituents is 1. The van der Waals surface area contributed by atoms with E-state index in [0.717, 1.165) is 0 Å². The van der Waals surface area contributed by atoms with Crippen LogP contribution < -0.4 is 5.73 Å². The van der Waals surface area contributed by atoms with Crippen LogP contribution in [0.1, 0.15) is 5.56 Å². The van der Waals surface area contributed by atoms with Crippen molar-refractivity contribution in [1.82, 2.24) is 0 Å². The molecule has 0 aliphatic heterocycles. The third-order valence-electron chi connectivity index (χ3n) is 3.26. The molecule has 0 aliphatic rings. The monoisotopic (exact) mass is 336 g/mol. The maximum atomic E-state index is 11.2. The van der Waals surface area contributed by atoms with E-state index in [1.807, 2.05) is 0 Å². The first-order valence-electron chi connectivity index (χ1n) is 6.54. The predicted octanol–water partition coefficient (Wildman–Crippen LogP) is 2.58. The maximum absolute atomic E-state index is 11.2. The molecule has 0 amide bonds. The smallest absolute Gasteiger partial charge is 0.320 e. The van der Waals surface area contributed by atoms with Crippen molar-refractivity contribution in [3.8, 4) is 16.9 Å². The average Bonchev–Trinajstić information content (AvgIpc) is 2.49. The molecule has 8 heteroatoms. The van der Waals surface area contributed by atoms with E-state index in [9.17, 15) is 20.0 Å². The SMILES string of the molecule is NC(Cc1cc(-c2ccc(O)cc2)c(Cl)c([N+](=O)[O-])c1)C(=O)O. The first kappa shape index (κ1) is 16.7. The highest BCUT2D eigenvalue weighted by Gasteiger charge is 2.21. The van der Waals surface area contributed by atoms with Crippen LogP contribution in [0, 0.1) is 10.1 Å². The predicted molar refractivity (Wildman–Crippen MR) is 84.5 cm³/mol. The largest absolute Gasteiger partial charge is 0.508 e. The van der Waals surface area contributed by atoms with Gasteiger partial charge in [0.25, 0.3) is 5.69 Å². The summed E-state index contributed by atoms with van der Waals surface area (Å²) < 4.78 is 0. The molecule has 0 aromatic heterocycles. The van der Waals surface area contributed by atoms with E-state index in [0.29, 0.717) is 16.7 Å². The van der Waals surface area contributed by atoms with Gasteiger partial charge in [0.1, 0.15) is 16.8 Å². The van der Waals surface area contributed by atoms with Crippen molar-refractivity contribution in [1.29, 1.82) is 0 Å². The molecule has 7 nitrogen and oxygen atoms in total. The molecule has 1 atom stereocenters. The van der Waals surface area contributed by atoms with Crippen LogP contribution in [0.15, 0.2) is 36.4 Å². The van der Waals surface area contributed by atoms with Crippen LogP contribution in [0.5, 0.6) is 5.75 Å². The second-order valence-corrected chi connectivity index (χ2v) is 5.31. The van der Waals surface area contributed by atoms with Crippen molar-refractivity contribution >= 4 is 23.3 Å². The van der Waals surface area contributed by atoms with Crippen molar-refractivity contribution in [3.05, 3.63) is 57.1 Å². The Hall–Kier alpha value is -2.64. The highest BCUT2D eigenvalue weighted by molar-refractivity contribution is 6.35. The van der Waals surface area contributed by atoms with Gasteiger partial charge < -0.3 is 15.9 Å². The van der Waals surface area contributed by atoms with Gasteiger partial charge in [0.2, 0.25) is 0 Å². The first-order chi connectivity index (χ1) is 10.8. The van der Waals surface area contributed by atoms with Crippen LogP contribution >= 0.6 is 11.6 Å². The van der Waals surface area contributed by atoms with Gasteiger partial charge in [-0.1, -0.05) is 23.7 Å². The van der Waals surface area contributed by atoms with Gasteiger partial charge in [-0.2, -0.15) is 0 Å². The first-order valence-corrected chi connectivity index (χ1v) is 6.92. The molecule has 0 heterocycles. The number of carboxylic acid groups (broad SMARTS) is 1. The van der Waals surface area contributed by atoms with Crippen LogP contribution in [0.25, 0.3) is 11.1 Å². The van der Waals surface area contributed by atoms with Gasteiger partial charge in [-0.05, 0) is 35.7 Å². The molecule has 0 saturated heterocycles. The number of halogens is 1. The number of aliphatic carboxylic acids is 1. The number of carboxylic acids is 1. The summed E-state index contributed by atoms with van der Waals surface area (Å²) in [6.45, 7) is 0. The van der Waals surface area contributed by atoms with Crippen molar-refractivity contribution in [3.63, 3.8) is 0 Å². The summed E-state index contributed by atoms with van der Waals surface area (Å²) in [5.41, 5.74) is 6.47. The quantitative estimate of drug-likeness (QED) is 0.569. The lowest BCUT2D eigenvalue weighted by molar-refractivity contribution is -0.384. The van der Waals surface area contributed by atoms with Gasteiger partial charge in [-0.3, -0.25) is 14.9 Å². The molecule has 0 fully saturated rings. The number of hydrogen-bond acceptors (Lipinski definition) is 5. The standard InChI is InChI=1S/C15H13ClN2O5/c16-14-11(9-1-3-10(19)4-2-9)5-8(6-12(17)15(20)21)7-13(14)18(22)23/h1-5,7,12,19H,6,17H2,(H,20,21). The number of aromatic hydroxyl groups is 1. The Balaban J connectivity index is 2.56. The van der Waals surface area contributed by atoms with Crippen molar-refractivity contribution < 1.29 is 19.9 Å². The molecule has 1 unspecified atom stereocenters. The number of nitrogens with two attached hydrogens (primary N) is 1. The highest BCUT2D eigenvalue weighted by atomic mass is 35.5. The zero-order chi connectivity index (χ0) is 17.1. The average molecular weight is 337 g/mol. The number of phenols is 1. The zero-order valence-electron chi connectivity index (χ0n) is 11.8. The van der Waals surface area contributed by atoms with Gasteiger partial charge in [0.05, 0.1) is 4.92 Å². The number of rotatable bonds is 5. The van der Waals surface area contributed by atoms with E-state index < -0.39 is 16.9 Å². The molecule has 2 aromatic carbocycles. The molecule has 0 aliphatic carbocycles. The number of carbonyl (C=O) groups is 1. The minimum Gasteiger partial charge on any atom is -0.508 e. The van der Waals surface area contributed by atoms with E-state index in [4.69, 9.17) is 22.4 Å². The molecular formula is C15H13ClN2O5. The van der Waals surface area contributed by atoms with Crippen molar-refractivity contribution in [2.75, 3.05) is 0 Å². The van der Waals surface area contributed by atoms with Crippen LogP contribution in [0.3, 0.4) is 0 Å². The lowest BCUT2D eigenvalue weighted by Gasteiger charge is -2.11. The van der Waals surface area contributed by atoms with Crippen LogP contribution in [-0.2, 0) is 11.2 Å². The number of nitrogens with zero attached hydrogens (tertiary/aromatic N) is 1. The Bertz CT molecular complexity index is 761. The van der Waals surface area contributed by atoms with Crippen LogP contribution in [-0.4, -0.2) is 27.1 Å². The summed E-state index contributed by atoms with van der Waals surface area (Å²) in [6.07, 6.45) is -0.0710. The van der Waals surface area contributed by atoms with Gasteiger partial charge in [0.15, 0.2) is 0 Å². The lowest BCUT2D eigenvalue weighted by Crippen LogP contribution is -2.32. The molecule has 120 valence electrons. The Labute approximate surface area is 136 Å². The van der Waals surface area contributed by atoms with E-state index in [1.54, 1.807) is 18.2 Å². The van der Waals surface area contributed by atoms with E-state index in [1.165, 1.54) is 18.2 Å². The lowest BCUT2D eigenvalue weighted by atomic mass is 9.98. The topological polar surface area (TPSA) is 127 Å². The van der Waals surface area contributed by atoms with Gasteiger partial charge in [-0.25, -0.2) is 0 Å². The summed E-state index contributed by atoms with van der Waals surface area (Å²) >= 11 is 6.10. The fraction of sp³-hybridized carbons (Fsp3) is 0.133. The molecule has 0 spiro atoms. The summed E-state index contributed by atoms with van der Waals surface area (Å²) in [7, 11) is 0. The Kier molecular flexibility index (Phi) is 4.83. The second-order valence-electron chi connectivity index (χ2n) is 4.93. The fourth-order valence-corrected chi connectivity index (χ4v) is 2.40. The molecule has 2 aromatic rings. The third-order valence-corrected chi connectivity index (χ3v) is 3.66.